The highest BCUT2D eigenvalue weighted by Gasteiger charge is 2.19. The van der Waals surface area contributed by atoms with Crippen LogP contribution in [0.4, 0.5) is 8.78 Å². The molecule has 4 rings (SSSR count). The van der Waals surface area contributed by atoms with Crippen molar-refractivity contribution < 1.29 is 8.78 Å². The fourth-order valence-corrected chi connectivity index (χ4v) is 3.78. The summed E-state index contributed by atoms with van der Waals surface area (Å²) >= 11 is 0. The molecule has 0 aliphatic carbocycles. The highest BCUT2D eigenvalue weighted by Crippen LogP contribution is 2.24. The number of nitrogens with one attached hydrogen (secondary N) is 1. The van der Waals surface area contributed by atoms with Crippen LogP contribution in [-0.2, 0) is 13.5 Å². The highest BCUT2D eigenvalue weighted by molar-refractivity contribution is 5.83. The highest BCUT2D eigenvalue weighted by atomic mass is 19.3. The molecule has 164 valence electrons. The van der Waals surface area contributed by atoms with Crippen molar-refractivity contribution in [1.82, 2.24) is 24.5 Å². The van der Waals surface area contributed by atoms with E-state index in [4.69, 9.17) is 0 Å². The summed E-state index contributed by atoms with van der Waals surface area (Å²) in [4.78, 5) is 38.0. The van der Waals surface area contributed by atoms with E-state index in [1.165, 1.54) is 4.68 Å². The lowest BCUT2D eigenvalue weighted by molar-refractivity contribution is 0.141. The molecule has 32 heavy (non-hydrogen) atoms. The first kappa shape index (κ1) is 21.3. The third-order valence-electron chi connectivity index (χ3n) is 5.36. The predicted molar refractivity (Wildman–Crippen MR) is 115 cm³/mol. The molecule has 10 heteroatoms. The number of H-pyrrole nitrogens is 1. The van der Waals surface area contributed by atoms with E-state index in [1.54, 1.807) is 31.3 Å². The molecule has 0 atom stereocenters. The number of aromatic amines is 1. The lowest BCUT2D eigenvalue weighted by Crippen LogP contribution is -2.34. The predicted octanol–water partition coefficient (Wildman–Crippen LogP) is 2.31. The van der Waals surface area contributed by atoms with Crippen molar-refractivity contribution in [2.75, 3.05) is 0 Å². The minimum Gasteiger partial charge on any atom is -0.271 e. The van der Waals surface area contributed by atoms with Gasteiger partial charge in [0, 0.05) is 18.9 Å². The second-order valence-corrected chi connectivity index (χ2v) is 7.51. The summed E-state index contributed by atoms with van der Waals surface area (Å²) in [6.07, 6.45) is -2.70. The molecule has 0 unspecified atom stereocenters. The Bertz CT molecular complexity index is 1510. The first-order valence-corrected chi connectivity index (χ1v) is 9.74. The molecule has 2 aromatic heterocycles. The van der Waals surface area contributed by atoms with Crippen molar-refractivity contribution in [2.45, 2.75) is 26.7 Å². The second-order valence-electron chi connectivity index (χ2n) is 7.51. The lowest BCUT2D eigenvalue weighted by Gasteiger charge is -2.15. The fourth-order valence-electron chi connectivity index (χ4n) is 3.78. The number of halogens is 2. The van der Waals surface area contributed by atoms with Crippen LogP contribution in [0.3, 0.4) is 0 Å². The maximum Gasteiger partial charge on any atom is 0.349 e. The molecule has 8 nitrogen and oxygen atoms in total. The molecule has 0 fully saturated rings. The van der Waals surface area contributed by atoms with Gasteiger partial charge in [-0.3, -0.25) is 14.6 Å². The van der Waals surface area contributed by atoms with Crippen molar-refractivity contribution in [3.05, 3.63) is 95.7 Å². The van der Waals surface area contributed by atoms with Gasteiger partial charge >= 0.3 is 5.69 Å². The van der Waals surface area contributed by atoms with Crippen LogP contribution in [0, 0.1) is 13.8 Å². The van der Waals surface area contributed by atoms with E-state index in [0.717, 1.165) is 26.8 Å². The summed E-state index contributed by atoms with van der Waals surface area (Å²) in [5.41, 5.74) is 0.103. The molecule has 0 saturated carbocycles. The number of rotatable bonds is 4. The Kier molecular flexibility index (Phi) is 5.29. The van der Waals surface area contributed by atoms with E-state index in [0.29, 0.717) is 17.5 Å². The van der Waals surface area contributed by atoms with Gasteiger partial charge in [0.15, 0.2) is 5.69 Å². The van der Waals surface area contributed by atoms with Gasteiger partial charge in [0.25, 0.3) is 17.5 Å². The molecule has 0 bridgehead atoms. The van der Waals surface area contributed by atoms with Crippen LogP contribution in [0.2, 0.25) is 0 Å². The normalized spacial score (nSPS) is 11.4. The number of aromatic nitrogens is 5. The Morgan fingerprint density at radius 2 is 1.62 bits per heavy atom. The van der Waals surface area contributed by atoms with Gasteiger partial charge in [-0.25, -0.2) is 18.3 Å². The maximum absolute atomic E-state index is 13.1. The minimum atomic E-state index is -3.11. The first-order valence-electron chi connectivity index (χ1n) is 9.74. The average molecular weight is 439 g/mol. The van der Waals surface area contributed by atoms with E-state index >= 15 is 0 Å². The number of nitrogens with zero attached hydrogens (tertiary/aromatic N) is 4. The van der Waals surface area contributed by atoms with Crippen LogP contribution in [0.25, 0.3) is 16.5 Å². The van der Waals surface area contributed by atoms with E-state index in [2.05, 4.69) is 10.2 Å². The van der Waals surface area contributed by atoms with Crippen molar-refractivity contribution >= 4 is 10.8 Å². The fraction of sp³-hybridized carbons (Fsp3) is 0.227. The van der Waals surface area contributed by atoms with E-state index < -0.39 is 23.4 Å². The second kappa shape index (κ2) is 7.95. The Morgan fingerprint density at radius 3 is 2.25 bits per heavy atom. The monoisotopic (exact) mass is 439 g/mol. The molecule has 1 N–H and O–H groups in total. The Morgan fingerprint density at radius 1 is 1.00 bits per heavy atom. The van der Waals surface area contributed by atoms with E-state index in [1.807, 2.05) is 31.0 Å². The van der Waals surface area contributed by atoms with Crippen molar-refractivity contribution in [2.24, 2.45) is 7.05 Å². The van der Waals surface area contributed by atoms with E-state index in [9.17, 15) is 23.2 Å². The maximum atomic E-state index is 13.1. The van der Waals surface area contributed by atoms with Crippen LogP contribution in [0.1, 0.15) is 34.5 Å². The van der Waals surface area contributed by atoms with Crippen LogP contribution >= 0.6 is 0 Å². The summed E-state index contributed by atoms with van der Waals surface area (Å²) in [5, 5.41) is 9.30. The van der Waals surface area contributed by atoms with E-state index in [-0.39, 0.29) is 11.2 Å². The van der Waals surface area contributed by atoms with Crippen molar-refractivity contribution in [3.8, 4) is 5.69 Å². The average Bonchev–Trinajstić information content (AvgIpc) is 2.73. The summed E-state index contributed by atoms with van der Waals surface area (Å²) in [7, 11) is 1.59. The number of hydrogen-bond acceptors (Lipinski definition) is 5. The largest absolute Gasteiger partial charge is 0.349 e. The standard InChI is InChI=1S/C22H19F2N5O3/c1-11-8-13(29-22(32)25-20(30)18(27-29)19(23)24)9-12(2)16(11)10-17-14-6-4-5-7-15(14)21(31)28(3)26-17/h4-9,19H,10H2,1-3H3,(H,25,30,32). The summed E-state index contributed by atoms with van der Waals surface area (Å²) in [6, 6.07) is 10.5. The van der Waals surface area contributed by atoms with Crippen molar-refractivity contribution in [1.29, 1.82) is 0 Å². The molecule has 0 amide bonds. The van der Waals surface area contributed by atoms with Gasteiger partial charge in [-0.15, -0.1) is 0 Å². The summed E-state index contributed by atoms with van der Waals surface area (Å²) in [6.45, 7) is 3.64. The molecule has 0 saturated heterocycles. The van der Waals surface area contributed by atoms with Gasteiger partial charge in [0.1, 0.15) is 0 Å². The topological polar surface area (TPSA) is 103 Å². The third-order valence-corrected chi connectivity index (χ3v) is 5.36. The van der Waals surface area contributed by atoms with Gasteiger partial charge in [-0.1, -0.05) is 18.2 Å². The smallest absolute Gasteiger partial charge is 0.271 e. The third kappa shape index (κ3) is 3.64. The first-order chi connectivity index (χ1) is 15.2. The molecule has 0 radical (unpaired) electrons. The number of alkyl halides is 2. The molecular weight excluding hydrogens is 420 g/mol. The van der Waals surface area contributed by atoms with Gasteiger partial charge in [0.05, 0.1) is 16.8 Å². The Balaban J connectivity index is 1.83. The number of aryl methyl sites for hydroxylation is 3. The van der Waals surface area contributed by atoms with Gasteiger partial charge in [0.2, 0.25) is 0 Å². The number of hydrogen-bond donors (Lipinski definition) is 1. The molecule has 0 spiro atoms. The van der Waals surface area contributed by atoms with Crippen LogP contribution in [0.15, 0.2) is 50.8 Å². The molecule has 0 aliphatic heterocycles. The minimum absolute atomic E-state index is 0.188. The Labute approximate surface area is 179 Å². The van der Waals surface area contributed by atoms with Crippen LogP contribution < -0.4 is 16.8 Å². The zero-order valence-electron chi connectivity index (χ0n) is 17.5. The molecule has 2 heterocycles. The van der Waals surface area contributed by atoms with Gasteiger partial charge in [-0.05, 0) is 48.7 Å². The summed E-state index contributed by atoms with van der Waals surface area (Å²) < 4.78 is 28.2. The molecule has 0 aliphatic rings. The van der Waals surface area contributed by atoms with Gasteiger partial charge in [-0.2, -0.15) is 14.9 Å². The quantitative estimate of drug-likeness (QED) is 0.526. The molecule has 2 aromatic carbocycles. The number of benzene rings is 2. The van der Waals surface area contributed by atoms with Gasteiger partial charge < -0.3 is 0 Å². The SMILES string of the molecule is Cc1cc(-n2nc(C(F)F)c(=O)[nH]c2=O)cc(C)c1Cc1nn(C)c(=O)c2ccccc12. The Hall–Kier alpha value is -3.95. The number of fused-ring (bicyclic) bond motifs is 1. The molecule has 4 aromatic rings. The zero-order valence-corrected chi connectivity index (χ0v) is 17.5. The van der Waals surface area contributed by atoms with Crippen LogP contribution in [-0.4, -0.2) is 24.5 Å². The van der Waals surface area contributed by atoms with Crippen LogP contribution in [0.5, 0.6) is 0 Å². The summed E-state index contributed by atoms with van der Waals surface area (Å²) in [5.74, 6) is 0. The van der Waals surface area contributed by atoms with Crippen molar-refractivity contribution in [3.63, 3.8) is 0 Å². The zero-order chi connectivity index (χ0) is 23.2. The molecular formula is C22H19F2N5O3. The lowest BCUT2D eigenvalue weighted by atomic mass is 9.96.